The molecule has 0 rings (SSSR count). The fraction of sp³-hybridized carbons (Fsp3) is 0.900. The van der Waals surface area contributed by atoms with Gasteiger partial charge in [-0.2, -0.15) is 0 Å². The van der Waals surface area contributed by atoms with Crippen LogP contribution in [-0.2, 0) is 19.1 Å². The van der Waals surface area contributed by atoms with Crippen LogP contribution in [0.1, 0.15) is 195 Å². The van der Waals surface area contributed by atoms with Gasteiger partial charge < -0.3 is 14.4 Å². The van der Waals surface area contributed by atoms with E-state index in [1.165, 1.54) is 89.0 Å². The molecule has 0 amide bonds. The van der Waals surface area contributed by atoms with Gasteiger partial charge in [0.25, 0.3) is 0 Å². The molecule has 5 heteroatoms. The molecular weight excluding hydrogens is 558 g/mol. The molecule has 0 aliphatic heterocycles. The number of hydrogen-bond acceptors (Lipinski definition) is 5. The Bertz CT molecular complexity index is 694. The molecule has 266 valence electrons. The zero-order valence-electron chi connectivity index (χ0n) is 31.1. The lowest BCUT2D eigenvalue weighted by Crippen LogP contribution is -2.20. The van der Waals surface area contributed by atoms with Crippen LogP contribution in [0.25, 0.3) is 0 Å². The van der Waals surface area contributed by atoms with E-state index in [1.807, 2.05) is 14.1 Å². The van der Waals surface area contributed by atoms with E-state index in [0.29, 0.717) is 25.4 Å². The number of esters is 2. The summed E-state index contributed by atoms with van der Waals surface area (Å²) in [5.41, 5.74) is 1.52. The number of allylic oxidation sites excluding steroid dienone is 2. The van der Waals surface area contributed by atoms with Crippen molar-refractivity contribution in [2.45, 2.75) is 201 Å². The van der Waals surface area contributed by atoms with Gasteiger partial charge >= 0.3 is 11.9 Å². The second kappa shape index (κ2) is 32.6. The first-order chi connectivity index (χ1) is 21.8. The summed E-state index contributed by atoms with van der Waals surface area (Å²) in [7, 11) is 4.08. The van der Waals surface area contributed by atoms with Gasteiger partial charge in [0, 0.05) is 12.8 Å². The average molecular weight is 636 g/mol. The first kappa shape index (κ1) is 43.6. The van der Waals surface area contributed by atoms with Crippen molar-refractivity contribution < 1.29 is 19.1 Å². The van der Waals surface area contributed by atoms with Crippen molar-refractivity contribution in [1.82, 2.24) is 4.90 Å². The minimum atomic E-state index is -0.0354. The van der Waals surface area contributed by atoms with E-state index in [4.69, 9.17) is 9.47 Å². The van der Waals surface area contributed by atoms with Gasteiger partial charge in [0.05, 0.1) is 6.61 Å². The molecule has 0 N–H and O–H groups in total. The van der Waals surface area contributed by atoms with E-state index in [2.05, 4.69) is 38.7 Å². The van der Waals surface area contributed by atoms with Crippen LogP contribution in [-0.4, -0.2) is 50.2 Å². The topological polar surface area (TPSA) is 55.8 Å². The van der Waals surface area contributed by atoms with E-state index in [9.17, 15) is 9.59 Å². The van der Waals surface area contributed by atoms with Crippen molar-refractivity contribution in [2.24, 2.45) is 5.92 Å². The zero-order valence-corrected chi connectivity index (χ0v) is 31.1. The average Bonchev–Trinajstić information content (AvgIpc) is 2.99. The smallest absolute Gasteiger partial charge is 0.306 e. The van der Waals surface area contributed by atoms with Gasteiger partial charge in [-0.3, -0.25) is 9.59 Å². The number of carbonyl (C=O) groups is 2. The second-order valence-corrected chi connectivity index (χ2v) is 14.0. The molecule has 0 aliphatic carbocycles. The van der Waals surface area contributed by atoms with E-state index in [0.717, 1.165) is 77.2 Å². The second-order valence-electron chi connectivity index (χ2n) is 14.0. The molecule has 0 saturated heterocycles. The van der Waals surface area contributed by atoms with Crippen molar-refractivity contribution in [3.63, 3.8) is 0 Å². The monoisotopic (exact) mass is 636 g/mol. The predicted octanol–water partition coefficient (Wildman–Crippen LogP) is 11.8. The number of nitrogens with zero attached hydrogens (tertiary/aromatic N) is 1. The molecule has 0 fully saturated rings. The van der Waals surface area contributed by atoms with Gasteiger partial charge in [-0.15, -0.1) is 0 Å². The molecule has 45 heavy (non-hydrogen) atoms. The highest BCUT2D eigenvalue weighted by atomic mass is 16.5. The molecule has 0 radical (unpaired) electrons. The largest absolute Gasteiger partial charge is 0.466 e. The van der Waals surface area contributed by atoms with Gasteiger partial charge in [0.1, 0.15) is 6.10 Å². The van der Waals surface area contributed by atoms with Crippen molar-refractivity contribution >= 4 is 11.9 Å². The van der Waals surface area contributed by atoms with Crippen LogP contribution in [0.2, 0.25) is 0 Å². The third-order valence-electron chi connectivity index (χ3n) is 9.06. The summed E-state index contributed by atoms with van der Waals surface area (Å²) in [4.78, 5) is 26.9. The van der Waals surface area contributed by atoms with Crippen LogP contribution in [0.5, 0.6) is 0 Å². The molecule has 0 aromatic heterocycles. The Kier molecular flexibility index (Phi) is 31.6. The minimum Gasteiger partial charge on any atom is -0.466 e. The summed E-state index contributed by atoms with van der Waals surface area (Å²) in [6.45, 7) is 10.5. The van der Waals surface area contributed by atoms with Crippen molar-refractivity contribution in [3.05, 3.63) is 11.6 Å². The fourth-order valence-corrected chi connectivity index (χ4v) is 6.19. The van der Waals surface area contributed by atoms with Crippen molar-refractivity contribution in [1.29, 1.82) is 0 Å². The molecule has 0 spiro atoms. The summed E-state index contributed by atoms with van der Waals surface area (Å²) in [6.07, 6.45) is 31.4. The number of hydrogen-bond donors (Lipinski definition) is 0. The molecular formula is C40H77NO4. The first-order valence-corrected chi connectivity index (χ1v) is 19.5. The molecule has 0 aromatic carbocycles. The molecule has 1 unspecified atom stereocenters. The lowest BCUT2D eigenvalue weighted by atomic mass is 9.92. The van der Waals surface area contributed by atoms with Gasteiger partial charge in [-0.25, -0.2) is 0 Å². The van der Waals surface area contributed by atoms with Crippen LogP contribution in [0.4, 0.5) is 0 Å². The van der Waals surface area contributed by atoms with E-state index < -0.39 is 0 Å². The van der Waals surface area contributed by atoms with Crippen molar-refractivity contribution in [2.75, 3.05) is 27.2 Å². The lowest BCUT2D eigenvalue weighted by molar-refractivity contribution is -0.150. The van der Waals surface area contributed by atoms with Gasteiger partial charge in [0.2, 0.25) is 0 Å². The zero-order chi connectivity index (χ0) is 33.4. The SMILES string of the molecule is CC/C=C(/C)CCCCCCCC(CCCCCCCC(=O)OCCC(CCCCC)CCCCC)OC(=O)CCCN(C)C. The summed E-state index contributed by atoms with van der Waals surface area (Å²) in [6, 6.07) is 0. The highest BCUT2D eigenvalue weighted by Crippen LogP contribution is 2.22. The Hall–Kier alpha value is -1.36. The van der Waals surface area contributed by atoms with Crippen LogP contribution < -0.4 is 0 Å². The molecule has 0 bridgehead atoms. The van der Waals surface area contributed by atoms with Crippen LogP contribution >= 0.6 is 0 Å². The van der Waals surface area contributed by atoms with Gasteiger partial charge in [-0.1, -0.05) is 122 Å². The van der Waals surface area contributed by atoms with E-state index in [-0.39, 0.29) is 18.0 Å². The number of carbonyl (C=O) groups excluding carboxylic acids is 2. The predicted molar refractivity (Wildman–Crippen MR) is 194 cm³/mol. The minimum absolute atomic E-state index is 0.0235. The Morgan fingerprint density at radius 1 is 0.600 bits per heavy atom. The van der Waals surface area contributed by atoms with E-state index >= 15 is 0 Å². The number of unbranched alkanes of at least 4 members (excludes halogenated alkanes) is 12. The Labute approximate surface area is 281 Å². The quantitative estimate of drug-likeness (QED) is 0.0408. The Balaban J connectivity index is 4.23. The lowest BCUT2D eigenvalue weighted by Gasteiger charge is -2.18. The first-order valence-electron chi connectivity index (χ1n) is 19.5. The standard InChI is InChI=1S/C40H77NO4/c1-7-10-18-27-37(28-19-11-8-2)33-35-44-39(42)31-23-17-13-16-22-30-38(45-40(43)32-24-34-41(5)6)29-21-15-12-14-20-26-36(4)25-9-3/h25,37-38H,7-24,26-35H2,1-6H3/b36-25-. The van der Waals surface area contributed by atoms with Gasteiger partial charge in [0.15, 0.2) is 0 Å². The number of ether oxygens (including phenoxy) is 2. The molecule has 0 aliphatic rings. The van der Waals surface area contributed by atoms with Crippen molar-refractivity contribution in [3.8, 4) is 0 Å². The normalized spacial score (nSPS) is 12.7. The molecule has 0 saturated carbocycles. The molecule has 5 nitrogen and oxygen atoms in total. The highest BCUT2D eigenvalue weighted by molar-refractivity contribution is 5.69. The fourth-order valence-electron chi connectivity index (χ4n) is 6.19. The van der Waals surface area contributed by atoms with Crippen LogP contribution in [0.15, 0.2) is 11.6 Å². The Morgan fingerprint density at radius 3 is 1.67 bits per heavy atom. The van der Waals surface area contributed by atoms with Crippen LogP contribution in [0.3, 0.4) is 0 Å². The Morgan fingerprint density at radius 2 is 1.11 bits per heavy atom. The summed E-state index contributed by atoms with van der Waals surface area (Å²) >= 11 is 0. The maximum atomic E-state index is 12.5. The maximum absolute atomic E-state index is 12.5. The summed E-state index contributed by atoms with van der Waals surface area (Å²) < 4.78 is 11.6. The molecule has 1 atom stereocenters. The number of rotatable bonds is 33. The van der Waals surface area contributed by atoms with E-state index in [1.54, 1.807) is 0 Å². The third kappa shape index (κ3) is 31.0. The summed E-state index contributed by atoms with van der Waals surface area (Å²) in [5.74, 6) is 0.649. The third-order valence-corrected chi connectivity index (χ3v) is 9.06. The summed E-state index contributed by atoms with van der Waals surface area (Å²) in [5, 5.41) is 0. The van der Waals surface area contributed by atoms with Crippen LogP contribution in [0, 0.1) is 5.92 Å². The molecule has 0 aromatic rings. The maximum Gasteiger partial charge on any atom is 0.306 e. The van der Waals surface area contributed by atoms with Gasteiger partial charge in [-0.05, 0) is 97.7 Å². The molecule has 0 heterocycles. The highest BCUT2D eigenvalue weighted by Gasteiger charge is 2.15.